The summed E-state index contributed by atoms with van der Waals surface area (Å²) in [5.74, 6) is -1.70. The Balaban J connectivity index is 2.37. The maximum atomic E-state index is 13.8. The molecule has 0 saturated carbocycles. The Kier molecular flexibility index (Phi) is 4.26. The van der Waals surface area contributed by atoms with Crippen LogP contribution in [0.3, 0.4) is 0 Å². The Morgan fingerprint density at radius 1 is 0.955 bits per heavy atom. The van der Waals surface area contributed by atoms with Gasteiger partial charge in [0.2, 0.25) is 5.91 Å². The number of hydrogen-bond acceptors (Lipinski definition) is 2. The standard InChI is InChI=1S/C17H17FN2O2/c1-9-4-10(2)6-13(5-9)17(22)20-15-8-12(16(19)21)7-14(18)11(15)3/h4-8H,1-3H3,(H2,19,21)(H,20,22). The number of anilines is 1. The van der Waals surface area contributed by atoms with Crippen molar-refractivity contribution in [2.24, 2.45) is 5.73 Å². The van der Waals surface area contributed by atoms with Crippen molar-refractivity contribution in [3.63, 3.8) is 0 Å². The Morgan fingerprint density at radius 2 is 1.55 bits per heavy atom. The number of nitrogens with one attached hydrogen (secondary N) is 1. The lowest BCUT2D eigenvalue weighted by atomic mass is 10.1. The van der Waals surface area contributed by atoms with Crippen LogP contribution in [0.25, 0.3) is 0 Å². The summed E-state index contributed by atoms with van der Waals surface area (Å²) in [5.41, 5.74) is 8.05. The Bertz CT molecular complexity index is 749. The largest absolute Gasteiger partial charge is 0.366 e. The number of carbonyl (C=O) groups is 2. The van der Waals surface area contributed by atoms with Crippen molar-refractivity contribution in [1.82, 2.24) is 0 Å². The molecule has 0 saturated heterocycles. The van der Waals surface area contributed by atoms with Gasteiger partial charge in [0.15, 0.2) is 0 Å². The normalized spacial score (nSPS) is 10.4. The minimum absolute atomic E-state index is 0.0128. The zero-order valence-corrected chi connectivity index (χ0v) is 12.7. The molecule has 22 heavy (non-hydrogen) atoms. The molecule has 0 radical (unpaired) electrons. The fourth-order valence-corrected chi connectivity index (χ4v) is 2.25. The van der Waals surface area contributed by atoms with Crippen LogP contribution < -0.4 is 11.1 Å². The van der Waals surface area contributed by atoms with E-state index in [4.69, 9.17) is 5.73 Å². The highest BCUT2D eigenvalue weighted by Crippen LogP contribution is 2.22. The van der Waals surface area contributed by atoms with Gasteiger partial charge < -0.3 is 11.1 Å². The van der Waals surface area contributed by atoms with Crippen LogP contribution in [0.5, 0.6) is 0 Å². The number of hydrogen-bond donors (Lipinski definition) is 2. The van der Waals surface area contributed by atoms with Crippen LogP contribution in [0.1, 0.15) is 37.4 Å². The number of primary amides is 1. The second-order valence-electron chi connectivity index (χ2n) is 5.33. The SMILES string of the molecule is Cc1cc(C)cc(C(=O)Nc2cc(C(N)=O)cc(F)c2C)c1. The van der Waals surface area contributed by atoms with E-state index in [1.165, 1.54) is 13.0 Å². The summed E-state index contributed by atoms with van der Waals surface area (Å²) in [6.07, 6.45) is 0. The van der Waals surface area contributed by atoms with Crippen LogP contribution in [0.4, 0.5) is 10.1 Å². The summed E-state index contributed by atoms with van der Waals surface area (Å²) in [7, 11) is 0. The molecular weight excluding hydrogens is 283 g/mol. The first kappa shape index (κ1) is 15.7. The average molecular weight is 300 g/mol. The van der Waals surface area contributed by atoms with Gasteiger partial charge in [-0.1, -0.05) is 17.2 Å². The molecule has 114 valence electrons. The van der Waals surface area contributed by atoms with Crippen LogP contribution in [0.2, 0.25) is 0 Å². The average Bonchev–Trinajstić information content (AvgIpc) is 2.42. The third-order valence-corrected chi connectivity index (χ3v) is 3.36. The number of rotatable bonds is 3. The Hall–Kier alpha value is -2.69. The van der Waals surface area contributed by atoms with E-state index in [0.29, 0.717) is 5.56 Å². The third kappa shape index (κ3) is 3.31. The molecule has 0 atom stereocenters. The highest BCUT2D eigenvalue weighted by atomic mass is 19.1. The summed E-state index contributed by atoms with van der Waals surface area (Å²) in [6, 6.07) is 7.87. The van der Waals surface area contributed by atoms with E-state index in [2.05, 4.69) is 5.32 Å². The molecule has 0 aliphatic carbocycles. The van der Waals surface area contributed by atoms with Crippen LogP contribution in [-0.2, 0) is 0 Å². The van der Waals surface area contributed by atoms with Gasteiger partial charge in [0.05, 0.1) is 0 Å². The van der Waals surface area contributed by atoms with Crippen molar-refractivity contribution in [2.75, 3.05) is 5.32 Å². The number of amides is 2. The van der Waals surface area contributed by atoms with E-state index in [9.17, 15) is 14.0 Å². The van der Waals surface area contributed by atoms with Gasteiger partial charge in [-0.2, -0.15) is 0 Å². The number of aryl methyl sites for hydroxylation is 2. The maximum Gasteiger partial charge on any atom is 0.255 e. The minimum Gasteiger partial charge on any atom is -0.366 e. The summed E-state index contributed by atoms with van der Waals surface area (Å²) >= 11 is 0. The van der Waals surface area contributed by atoms with Crippen molar-refractivity contribution >= 4 is 17.5 Å². The van der Waals surface area contributed by atoms with E-state index in [1.54, 1.807) is 12.1 Å². The van der Waals surface area contributed by atoms with E-state index >= 15 is 0 Å². The molecule has 0 aliphatic rings. The maximum absolute atomic E-state index is 13.8. The predicted octanol–water partition coefficient (Wildman–Crippen LogP) is 3.10. The summed E-state index contributed by atoms with van der Waals surface area (Å²) in [4.78, 5) is 23.5. The molecule has 0 aromatic heterocycles. The van der Waals surface area contributed by atoms with E-state index < -0.39 is 11.7 Å². The van der Waals surface area contributed by atoms with Gasteiger partial charge in [-0.15, -0.1) is 0 Å². The van der Waals surface area contributed by atoms with E-state index in [-0.39, 0.29) is 22.7 Å². The first-order valence-corrected chi connectivity index (χ1v) is 6.77. The lowest BCUT2D eigenvalue weighted by Crippen LogP contribution is -2.16. The van der Waals surface area contributed by atoms with Gasteiger partial charge in [-0.25, -0.2) is 4.39 Å². The van der Waals surface area contributed by atoms with Gasteiger partial charge in [0.1, 0.15) is 5.82 Å². The van der Waals surface area contributed by atoms with Crippen LogP contribution >= 0.6 is 0 Å². The van der Waals surface area contributed by atoms with E-state index in [1.807, 2.05) is 19.9 Å². The second kappa shape index (κ2) is 5.97. The fraction of sp³-hybridized carbons (Fsp3) is 0.176. The first-order valence-electron chi connectivity index (χ1n) is 6.77. The molecule has 0 bridgehead atoms. The van der Waals surface area contributed by atoms with Gasteiger partial charge >= 0.3 is 0 Å². The minimum atomic E-state index is -0.749. The van der Waals surface area contributed by atoms with Crippen molar-refractivity contribution < 1.29 is 14.0 Å². The van der Waals surface area contributed by atoms with Crippen molar-refractivity contribution in [3.05, 3.63) is 64.0 Å². The molecule has 0 aliphatic heterocycles. The molecule has 4 nitrogen and oxygen atoms in total. The van der Waals surface area contributed by atoms with Crippen molar-refractivity contribution in [3.8, 4) is 0 Å². The van der Waals surface area contributed by atoms with Crippen molar-refractivity contribution in [1.29, 1.82) is 0 Å². The smallest absolute Gasteiger partial charge is 0.255 e. The molecule has 0 fully saturated rings. The zero-order valence-electron chi connectivity index (χ0n) is 12.7. The molecule has 2 aromatic rings. The molecule has 0 spiro atoms. The third-order valence-electron chi connectivity index (χ3n) is 3.36. The van der Waals surface area contributed by atoms with Crippen molar-refractivity contribution in [2.45, 2.75) is 20.8 Å². The number of nitrogens with two attached hydrogens (primary N) is 1. The van der Waals surface area contributed by atoms with Gasteiger partial charge in [-0.05, 0) is 45.0 Å². The Labute approximate surface area is 128 Å². The first-order chi connectivity index (χ1) is 10.3. The molecular formula is C17H17FN2O2. The zero-order chi connectivity index (χ0) is 16.4. The van der Waals surface area contributed by atoms with E-state index in [0.717, 1.165) is 17.2 Å². The molecule has 2 rings (SSSR count). The van der Waals surface area contributed by atoms with Crippen LogP contribution in [0, 0.1) is 26.6 Å². The van der Waals surface area contributed by atoms with Gasteiger partial charge in [-0.3, -0.25) is 9.59 Å². The second-order valence-corrected chi connectivity index (χ2v) is 5.33. The number of carbonyl (C=O) groups excluding carboxylic acids is 2. The lowest BCUT2D eigenvalue weighted by molar-refractivity contribution is 0.0995. The summed E-state index contributed by atoms with van der Waals surface area (Å²) in [5, 5.41) is 2.63. The molecule has 2 aromatic carbocycles. The summed E-state index contributed by atoms with van der Waals surface area (Å²) < 4.78 is 13.8. The molecule has 0 heterocycles. The molecule has 2 amide bonds. The Morgan fingerprint density at radius 3 is 2.09 bits per heavy atom. The summed E-state index contributed by atoms with van der Waals surface area (Å²) in [6.45, 7) is 5.31. The van der Waals surface area contributed by atoms with Crippen LogP contribution in [-0.4, -0.2) is 11.8 Å². The predicted molar refractivity (Wildman–Crippen MR) is 83.5 cm³/mol. The highest BCUT2D eigenvalue weighted by Gasteiger charge is 2.14. The highest BCUT2D eigenvalue weighted by molar-refractivity contribution is 6.05. The monoisotopic (exact) mass is 300 g/mol. The molecule has 5 heteroatoms. The number of halogens is 1. The van der Waals surface area contributed by atoms with Gasteiger partial charge in [0, 0.05) is 22.4 Å². The van der Waals surface area contributed by atoms with Gasteiger partial charge in [0.25, 0.3) is 5.91 Å². The topological polar surface area (TPSA) is 72.2 Å². The lowest BCUT2D eigenvalue weighted by Gasteiger charge is -2.11. The fourth-order valence-electron chi connectivity index (χ4n) is 2.25. The van der Waals surface area contributed by atoms with Crippen LogP contribution in [0.15, 0.2) is 30.3 Å². The quantitative estimate of drug-likeness (QED) is 0.914. The number of benzene rings is 2. The molecule has 0 unspecified atom stereocenters. The molecule has 3 N–H and O–H groups in total.